The van der Waals surface area contributed by atoms with E-state index in [4.69, 9.17) is 10.2 Å². The SMILES string of the molecule is CCNC(=NCc1ccc(C(N)=O)o1)NCCc1nc(C(F)(F)F)cs1. The highest BCUT2D eigenvalue weighted by Gasteiger charge is 2.33. The first-order valence-corrected chi connectivity index (χ1v) is 8.60. The van der Waals surface area contributed by atoms with Crippen LogP contribution in [0.1, 0.15) is 33.9 Å². The highest BCUT2D eigenvalue weighted by atomic mass is 32.1. The number of halogens is 3. The molecule has 11 heteroatoms. The summed E-state index contributed by atoms with van der Waals surface area (Å²) in [5, 5.41) is 7.40. The molecule has 0 saturated carbocycles. The van der Waals surface area contributed by atoms with Gasteiger partial charge in [-0.15, -0.1) is 11.3 Å². The van der Waals surface area contributed by atoms with Crippen molar-refractivity contribution in [3.8, 4) is 0 Å². The molecule has 0 aliphatic carbocycles. The number of nitrogens with one attached hydrogen (secondary N) is 2. The monoisotopic (exact) mass is 389 g/mol. The van der Waals surface area contributed by atoms with Gasteiger partial charge in [0.2, 0.25) is 0 Å². The van der Waals surface area contributed by atoms with Crippen molar-refractivity contribution < 1.29 is 22.4 Å². The molecule has 4 N–H and O–H groups in total. The van der Waals surface area contributed by atoms with Gasteiger partial charge in [0.1, 0.15) is 12.3 Å². The van der Waals surface area contributed by atoms with Crippen molar-refractivity contribution in [2.45, 2.75) is 26.1 Å². The van der Waals surface area contributed by atoms with Crippen LogP contribution in [0.3, 0.4) is 0 Å². The molecule has 0 aromatic carbocycles. The van der Waals surface area contributed by atoms with Crippen LogP contribution in [0.15, 0.2) is 26.9 Å². The van der Waals surface area contributed by atoms with Crippen molar-refractivity contribution in [2.24, 2.45) is 10.7 Å². The van der Waals surface area contributed by atoms with E-state index in [1.54, 1.807) is 6.07 Å². The van der Waals surface area contributed by atoms with Crippen LogP contribution in [0.25, 0.3) is 0 Å². The van der Waals surface area contributed by atoms with E-state index in [0.29, 0.717) is 36.2 Å². The predicted molar refractivity (Wildman–Crippen MR) is 90.9 cm³/mol. The lowest BCUT2D eigenvalue weighted by atomic mass is 10.4. The Balaban J connectivity index is 1.88. The van der Waals surface area contributed by atoms with Crippen LogP contribution >= 0.6 is 11.3 Å². The molecule has 2 rings (SSSR count). The largest absolute Gasteiger partial charge is 0.454 e. The first kappa shape index (κ1) is 19.8. The Morgan fingerprint density at radius 2 is 2.15 bits per heavy atom. The molecule has 0 fully saturated rings. The lowest BCUT2D eigenvalue weighted by Gasteiger charge is -2.10. The highest BCUT2D eigenvalue weighted by molar-refractivity contribution is 7.09. The van der Waals surface area contributed by atoms with Crippen molar-refractivity contribution in [2.75, 3.05) is 13.1 Å². The van der Waals surface area contributed by atoms with Gasteiger partial charge < -0.3 is 20.8 Å². The van der Waals surface area contributed by atoms with E-state index < -0.39 is 17.8 Å². The second-order valence-electron chi connectivity index (χ2n) is 5.13. The molecular formula is C15H18F3N5O2S. The minimum atomic E-state index is -4.43. The molecule has 0 saturated heterocycles. The summed E-state index contributed by atoms with van der Waals surface area (Å²) in [6.45, 7) is 3.02. The summed E-state index contributed by atoms with van der Waals surface area (Å²) >= 11 is 0.967. The number of aliphatic imine (C=N–C) groups is 1. The number of nitrogens with two attached hydrogens (primary N) is 1. The number of furan rings is 1. The molecule has 0 radical (unpaired) electrons. The molecule has 2 aromatic heterocycles. The third-order valence-electron chi connectivity index (χ3n) is 3.12. The molecule has 2 heterocycles. The molecular weight excluding hydrogens is 371 g/mol. The summed E-state index contributed by atoms with van der Waals surface area (Å²) in [4.78, 5) is 18.8. The molecule has 0 bridgehead atoms. The maximum atomic E-state index is 12.5. The van der Waals surface area contributed by atoms with Gasteiger partial charge in [-0.05, 0) is 19.1 Å². The van der Waals surface area contributed by atoms with E-state index in [1.165, 1.54) is 6.07 Å². The summed E-state index contributed by atoms with van der Waals surface area (Å²) in [5.74, 6) is 0.326. The van der Waals surface area contributed by atoms with Crippen LogP contribution in [-0.4, -0.2) is 29.9 Å². The standard InChI is InChI=1S/C15H18F3N5O2S/c1-2-20-14(22-7-9-3-4-10(25-9)13(19)24)21-6-5-12-23-11(8-26-12)15(16,17)18/h3-4,8H,2,5-7H2,1H3,(H2,19,24)(H2,20,21,22). The van der Waals surface area contributed by atoms with Gasteiger partial charge in [0, 0.05) is 24.9 Å². The summed E-state index contributed by atoms with van der Waals surface area (Å²) in [6, 6.07) is 3.07. The zero-order valence-electron chi connectivity index (χ0n) is 13.9. The number of amides is 1. The first-order valence-electron chi connectivity index (χ1n) is 7.72. The maximum absolute atomic E-state index is 12.5. The van der Waals surface area contributed by atoms with Crippen LogP contribution in [0.4, 0.5) is 13.2 Å². The molecule has 142 valence electrons. The van der Waals surface area contributed by atoms with Gasteiger partial charge >= 0.3 is 6.18 Å². The van der Waals surface area contributed by atoms with Crippen LogP contribution in [0.5, 0.6) is 0 Å². The number of rotatable bonds is 7. The fourth-order valence-electron chi connectivity index (χ4n) is 1.94. The second-order valence-corrected chi connectivity index (χ2v) is 6.07. The number of carbonyl (C=O) groups excluding carboxylic acids is 1. The van der Waals surface area contributed by atoms with E-state index in [-0.39, 0.29) is 12.3 Å². The lowest BCUT2D eigenvalue weighted by molar-refractivity contribution is -0.140. The number of hydrogen-bond donors (Lipinski definition) is 3. The number of thiazole rings is 1. The fourth-order valence-corrected chi connectivity index (χ4v) is 2.74. The summed E-state index contributed by atoms with van der Waals surface area (Å²) < 4.78 is 42.8. The Morgan fingerprint density at radius 3 is 2.73 bits per heavy atom. The van der Waals surface area contributed by atoms with Gasteiger partial charge in [-0.3, -0.25) is 4.79 Å². The first-order chi connectivity index (χ1) is 12.3. The average molecular weight is 389 g/mol. The number of guanidine groups is 1. The zero-order chi connectivity index (χ0) is 19.2. The van der Waals surface area contributed by atoms with Crippen molar-refractivity contribution >= 4 is 23.2 Å². The van der Waals surface area contributed by atoms with Crippen molar-refractivity contribution in [1.82, 2.24) is 15.6 Å². The van der Waals surface area contributed by atoms with Crippen LogP contribution in [0, 0.1) is 0 Å². The normalized spacial score (nSPS) is 12.2. The molecule has 0 atom stereocenters. The van der Waals surface area contributed by atoms with Gasteiger partial charge in [-0.2, -0.15) is 13.2 Å². The predicted octanol–water partition coefficient (Wildman–Crippen LogP) is 2.15. The molecule has 0 spiro atoms. The number of primary amides is 1. The number of nitrogens with zero attached hydrogens (tertiary/aromatic N) is 2. The summed E-state index contributed by atoms with van der Waals surface area (Å²) in [6.07, 6.45) is -4.09. The van der Waals surface area contributed by atoms with E-state index >= 15 is 0 Å². The minimum Gasteiger partial charge on any atom is -0.454 e. The second kappa shape index (κ2) is 8.70. The molecule has 1 amide bonds. The number of alkyl halides is 3. The van der Waals surface area contributed by atoms with Crippen LogP contribution in [-0.2, 0) is 19.1 Å². The van der Waals surface area contributed by atoms with Crippen molar-refractivity contribution in [3.63, 3.8) is 0 Å². The smallest absolute Gasteiger partial charge is 0.434 e. The Morgan fingerprint density at radius 1 is 1.38 bits per heavy atom. The quantitative estimate of drug-likeness (QED) is 0.497. The van der Waals surface area contributed by atoms with Gasteiger partial charge in [-0.1, -0.05) is 0 Å². The van der Waals surface area contributed by atoms with Crippen LogP contribution in [0.2, 0.25) is 0 Å². The highest BCUT2D eigenvalue weighted by Crippen LogP contribution is 2.29. The Bertz CT molecular complexity index is 769. The molecule has 0 aliphatic heterocycles. The van der Waals surface area contributed by atoms with Gasteiger partial charge in [0.15, 0.2) is 17.4 Å². The maximum Gasteiger partial charge on any atom is 0.434 e. The Labute approximate surface area is 151 Å². The number of carbonyl (C=O) groups is 1. The summed E-state index contributed by atoms with van der Waals surface area (Å²) in [5.41, 5.74) is 4.24. The van der Waals surface area contributed by atoms with Gasteiger partial charge in [0.05, 0.1) is 5.01 Å². The zero-order valence-corrected chi connectivity index (χ0v) is 14.7. The Kier molecular flexibility index (Phi) is 6.61. The van der Waals surface area contributed by atoms with Crippen molar-refractivity contribution in [3.05, 3.63) is 39.7 Å². The van der Waals surface area contributed by atoms with E-state index in [1.807, 2.05) is 6.92 Å². The van der Waals surface area contributed by atoms with Crippen LogP contribution < -0.4 is 16.4 Å². The van der Waals surface area contributed by atoms with E-state index in [2.05, 4.69) is 20.6 Å². The number of aromatic nitrogens is 1. The third kappa shape index (κ3) is 5.76. The molecule has 0 unspecified atom stereocenters. The molecule has 7 nitrogen and oxygen atoms in total. The Hall–Kier alpha value is -2.56. The lowest BCUT2D eigenvalue weighted by Crippen LogP contribution is -2.38. The van der Waals surface area contributed by atoms with E-state index in [0.717, 1.165) is 16.7 Å². The number of hydrogen-bond acceptors (Lipinski definition) is 5. The van der Waals surface area contributed by atoms with Crippen molar-refractivity contribution in [1.29, 1.82) is 0 Å². The average Bonchev–Trinajstić information content (AvgIpc) is 3.21. The third-order valence-corrected chi connectivity index (χ3v) is 4.02. The molecule has 26 heavy (non-hydrogen) atoms. The molecule has 2 aromatic rings. The summed E-state index contributed by atoms with van der Waals surface area (Å²) in [7, 11) is 0. The minimum absolute atomic E-state index is 0.0531. The van der Waals surface area contributed by atoms with Gasteiger partial charge in [0.25, 0.3) is 5.91 Å². The topological polar surface area (TPSA) is 106 Å². The van der Waals surface area contributed by atoms with E-state index in [9.17, 15) is 18.0 Å². The fraction of sp³-hybridized carbons (Fsp3) is 0.400. The van der Waals surface area contributed by atoms with Gasteiger partial charge in [-0.25, -0.2) is 9.98 Å². The molecule has 0 aliphatic rings.